The quantitative estimate of drug-likeness (QED) is 0.849. The highest BCUT2D eigenvalue weighted by molar-refractivity contribution is 5.79. The molecule has 2 aliphatic rings. The lowest BCUT2D eigenvalue weighted by molar-refractivity contribution is -0.122. The fraction of sp³-hybridized carbons (Fsp3) is 0.636. The van der Waals surface area contributed by atoms with Gasteiger partial charge in [0.05, 0.1) is 12.1 Å². The summed E-state index contributed by atoms with van der Waals surface area (Å²) in [4.78, 5) is 17.1. The van der Waals surface area contributed by atoms with Crippen LogP contribution in [-0.4, -0.2) is 33.4 Å². The van der Waals surface area contributed by atoms with Crippen molar-refractivity contribution >= 4 is 11.6 Å². The van der Waals surface area contributed by atoms with Crippen LogP contribution in [-0.2, 0) is 11.2 Å². The largest absolute Gasteiger partial charge is 0.351 e. The van der Waals surface area contributed by atoms with E-state index in [1.807, 2.05) is 35.9 Å². The van der Waals surface area contributed by atoms with Gasteiger partial charge in [0.1, 0.15) is 5.65 Å². The number of nitrogens with zero attached hydrogens (tertiary/aromatic N) is 2. The van der Waals surface area contributed by atoms with Crippen molar-refractivity contribution in [3.05, 3.63) is 35.8 Å². The Kier molecular flexibility index (Phi) is 5.77. The van der Waals surface area contributed by atoms with Crippen LogP contribution in [0.3, 0.4) is 0 Å². The number of pyridine rings is 1. The molecule has 0 aromatic carbocycles. The van der Waals surface area contributed by atoms with E-state index in [4.69, 9.17) is 0 Å². The van der Waals surface area contributed by atoms with Gasteiger partial charge in [-0.1, -0.05) is 38.2 Å². The first-order chi connectivity index (χ1) is 13.2. The number of amides is 1. The third-order valence-corrected chi connectivity index (χ3v) is 6.32. The molecule has 2 aromatic heterocycles. The number of imidazole rings is 1. The highest BCUT2D eigenvalue weighted by Crippen LogP contribution is 2.24. The molecule has 0 radical (unpaired) electrons. The summed E-state index contributed by atoms with van der Waals surface area (Å²) >= 11 is 0. The third-order valence-electron chi connectivity index (χ3n) is 6.32. The Hall–Kier alpha value is -1.88. The second-order valence-electron chi connectivity index (χ2n) is 8.38. The van der Waals surface area contributed by atoms with Gasteiger partial charge in [0.2, 0.25) is 5.91 Å². The molecular weight excluding hydrogens is 336 g/mol. The zero-order valence-electron chi connectivity index (χ0n) is 16.4. The van der Waals surface area contributed by atoms with Gasteiger partial charge in [0.25, 0.3) is 0 Å². The van der Waals surface area contributed by atoms with Crippen LogP contribution in [0.5, 0.6) is 0 Å². The number of fused-ring (bicyclic) bond motifs is 1. The van der Waals surface area contributed by atoms with E-state index < -0.39 is 0 Å². The van der Waals surface area contributed by atoms with Crippen molar-refractivity contribution in [1.82, 2.24) is 20.0 Å². The van der Waals surface area contributed by atoms with Gasteiger partial charge in [-0.05, 0) is 44.2 Å². The number of aryl methyl sites for hydroxylation is 1. The molecule has 2 N–H and O–H groups in total. The predicted molar refractivity (Wildman–Crippen MR) is 108 cm³/mol. The molecule has 2 aromatic rings. The molecule has 2 fully saturated rings. The molecule has 2 aliphatic carbocycles. The predicted octanol–water partition coefficient (Wildman–Crippen LogP) is 3.53. The van der Waals surface area contributed by atoms with Crippen molar-refractivity contribution in [2.75, 3.05) is 0 Å². The van der Waals surface area contributed by atoms with Crippen LogP contribution in [0.2, 0.25) is 0 Å². The molecule has 5 nitrogen and oxygen atoms in total. The maximum absolute atomic E-state index is 12.6. The highest BCUT2D eigenvalue weighted by atomic mass is 16.1. The smallest absolute Gasteiger partial charge is 0.226 e. The molecule has 0 unspecified atom stereocenters. The second kappa shape index (κ2) is 8.42. The molecule has 0 bridgehead atoms. The summed E-state index contributed by atoms with van der Waals surface area (Å²) in [6.07, 6.45) is 15.9. The number of hydrogen-bond acceptors (Lipinski definition) is 3. The first-order valence-electron chi connectivity index (χ1n) is 10.7. The topological polar surface area (TPSA) is 58.4 Å². The molecule has 27 heavy (non-hydrogen) atoms. The minimum atomic E-state index is 0.104. The lowest BCUT2D eigenvalue weighted by atomic mass is 9.84. The molecule has 1 amide bonds. The summed E-state index contributed by atoms with van der Waals surface area (Å²) in [6, 6.07) is 5.42. The first-order valence-corrected chi connectivity index (χ1v) is 10.7. The summed E-state index contributed by atoms with van der Waals surface area (Å²) in [6.45, 7) is 2.05. The van der Waals surface area contributed by atoms with E-state index in [1.54, 1.807) is 0 Å². The van der Waals surface area contributed by atoms with Gasteiger partial charge in [-0.3, -0.25) is 4.79 Å². The Morgan fingerprint density at radius 1 is 1.11 bits per heavy atom. The molecule has 2 heterocycles. The normalized spacial score (nSPS) is 24.2. The summed E-state index contributed by atoms with van der Waals surface area (Å²) in [7, 11) is 0. The van der Waals surface area contributed by atoms with E-state index in [9.17, 15) is 4.79 Å². The van der Waals surface area contributed by atoms with Crippen LogP contribution in [0.15, 0.2) is 24.5 Å². The number of carbonyl (C=O) groups is 1. The fourth-order valence-corrected chi connectivity index (χ4v) is 4.55. The average Bonchev–Trinajstić information content (AvgIpc) is 3.02. The Balaban J connectivity index is 1.30. The van der Waals surface area contributed by atoms with E-state index in [0.717, 1.165) is 23.3 Å². The summed E-state index contributed by atoms with van der Waals surface area (Å²) < 4.78 is 2.03. The van der Waals surface area contributed by atoms with E-state index in [0.29, 0.717) is 18.5 Å². The van der Waals surface area contributed by atoms with Crippen LogP contribution < -0.4 is 10.6 Å². The standard InChI is InChI=1S/C22H32N4O/c1-16-8-7-13-26-18(15-23-22(16)26)14-21(27)25-20-12-11-19(20)24-17-9-5-3-2-4-6-10-17/h7-8,13,15,17,19-20,24H,2-6,9-12,14H2,1H3,(H,25,27)/t19-,20+/m1/s1. The molecule has 0 aliphatic heterocycles. The van der Waals surface area contributed by atoms with Crippen molar-refractivity contribution in [1.29, 1.82) is 0 Å². The van der Waals surface area contributed by atoms with Crippen LogP contribution in [0.1, 0.15) is 69.0 Å². The lowest BCUT2D eigenvalue weighted by Crippen LogP contribution is -2.59. The lowest BCUT2D eigenvalue weighted by Gasteiger charge is -2.40. The second-order valence-corrected chi connectivity index (χ2v) is 8.38. The van der Waals surface area contributed by atoms with Crippen molar-refractivity contribution in [3.8, 4) is 0 Å². The number of aromatic nitrogens is 2. The Labute approximate surface area is 161 Å². The van der Waals surface area contributed by atoms with Gasteiger partial charge < -0.3 is 15.0 Å². The zero-order valence-corrected chi connectivity index (χ0v) is 16.4. The third kappa shape index (κ3) is 4.34. The minimum Gasteiger partial charge on any atom is -0.351 e. The maximum Gasteiger partial charge on any atom is 0.226 e. The van der Waals surface area contributed by atoms with E-state index in [2.05, 4.69) is 15.6 Å². The summed E-state index contributed by atoms with van der Waals surface area (Å²) in [5, 5.41) is 7.10. The molecule has 2 saturated carbocycles. The molecule has 0 spiro atoms. The molecule has 5 heteroatoms. The SMILES string of the molecule is Cc1cccn2c(CC(=O)N[C@H]3CC[C@H]3NC3CCCCCCC3)cnc12. The van der Waals surface area contributed by atoms with E-state index in [-0.39, 0.29) is 11.9 Å². The number of hydrogen-bond donors (Lipinski definition) is 2. The summed E-state index contributed by atoms with van der Waals surface area (Å²) in [5.41, 5.74) is 3.02. The number of rotatable bonds is 5. The van der Waals surface area contributed by atoms with E-state index >= 15 is 0 Å². The Morgan fingerprint density at radius 3 is 2.59 bits per heavy atom. The van der Waals surface area contributed by atoms with Crippen molar-refractivity contribution in [3.63, 3.8) is 0 Å². The minimum absolute atomic E-state index is 0.104. The summed E-state index contributed by atoms with van der Waals surface area (Å²) in [5.74, 6) is 0.104. The van der Waals surface area contributed by atoms with Crippen molar-refractivity contribution in [2.45, 2.75) is 89.3 Å². The zero-order chi connectivity index (χ0) is 18.6. The van der Waals surface area contributed by atoms with E-state index in [1.165, 1.54) is 51.4 Å². The Bertz CT molecular complexity index is 776. The van der Waals surface area contributed by atoms with Gasteiger partial charge in [-0.2, -0.15) is 0 Å². The number of nitrogens with one attached hydrogen (secondary N) is 2. The van der Waals surface area contributed by atoms with Crippen LogP contribution >= 0.6 is 0 Å². The molecule has 4 rings (SSSR count). The molecular formula is C22H32N4O. The molecule has 0 saturated heterocycles. The van der Waals surface area contributed by atoms with Crippen LogP contribution in [0.4, 0.5) is 0 Å². The van der Waals surface area contributed by atoms with Crippen molar-refractivity contribution in [2.24, 2.45) is 0 Å². The van der Waals surface area contributed by atoms with Crippen LogP contribution in [0.25, 0.3) is 5.65 Å². The average molecular weight is 369 g/mol. The van der Waals surface area contributed by atoms with Gasteiger partial charge in [-0.15, -0.1) is 0 Å². The van der Waals surface area contributed by atoms with Gasteiger partial charge in [0, 0.05) is 30.5 Å². The van der Waals surface area contributed by atoms with Crippen LogP contribution in [0, 0.1) is 6.92 Å². The molecule has 146 valence electrons. The van der Waals surface area contributed by atoms with Crippen molar-refractivity contribution < 1.29 is 4.79 Å². The Morgan fingerprint density at radius 2 is 1.85 bits per heavy atom. The van der Waals surface area contributed by atoms with Gasteiger partial charge in [-0.25, -0.2) is 4.98 Å². The maximum atomic E-state index is 12.6. The van der Waals surface area contributed by atoms with Gasteiger partial charge >= 0.3 is 0 Å². The number of carbonyl (C=O) groups excluding carboxylic acids is 1. The van der Waals surface area contributed by atoms with Gasteiger partial charge in [0.15, 0.2) is 0 Å². The fourth-order valence-electron chi connectivity index (χ4n) is 4.55. The highest BCUT2D eigenvalue weighted by Gasteiger charge is 2.33. The monoisotopic (exact) mass is 368 g/mol. The first kappa shape index (κ1) is 18.5. The molecule has 2 atom stereocenters.